The van der Waals surface area contributed by atoms with E-state index in [-0.39, 0.29) is 5.82 Å². The Kier molecular flexibility index (Phi) is 3.18. The Bertz CT molecular complexity index is 517. The van der Waals surface area contributed by atoms with Gasteiger partial charge in [-0.2, -0.15) is 5.10 Å². The van der Waals surface area contributed by atoms with Crippen LogP contribution in [0, 0.1) is 6.92 Å². The van der Waals surface area contributed by atoms with Gasteiger partial charge in [-0.05, 0) is 13.8 Å². The molecule has 0 radical (unpaired) electrons. The van der Waals surface area contributed by atoms with Crippen molar-refractivity contribution < 1.29 is 9.53 Å². The van der Waals surface area contributed by atoms with Crippen LogP contribution in [0.2, 0.25) is 0 Å². The first-order valence-corrected chi connectivity index (χ1v) is 5.37. The minimum Gasteiger partial charge on any atom is -0.460 e. The summed E-state index contributed by atoms with van der Waals surface area (Å²) in [7, 11) is 0. The molecule has 0 fully saturated rings. The van der Waals surface area contributed by atoms with Crippen LogP contribution in [0.3, 0.4) is 0 Å². The zero-order valence-electron chi connectivity index (χ0n) is 9.73. The molecule has 0 atom stereocenters. The van der Waals surface area contributed by atoms with Crippen molar-refractivity contribution in [3.8, 4) is 11.4 Å². The van der Waals surface area contributed by atoms with Crippen molar-refractivity contribution in [2.45, 2.75) is 13.8 Å². The Morgan fingerprint density at radius 3 is 2.71 bits per heavy atom. The van der Waals surface area contributed by atoms with Gasteiger partial charge in [0.1, 0.15) is 0 Å². The second kappa shape index (κ2) is 4.78. The molecule has 1 heterocycles. The molecule has 5 nitrogen and oxygen atoms in total. The molecular weight excluding hydrogens is 218 g/mol. The van der Waals surface area contributed by atoms with E-state index in [1.165, 1.54) is 0 Å². The number of carbonyl (C=O) groups excluding carboxylic acids is 1. The third-order valence-corrected chi connectivity index (χ3v) is 2.26. The summed E-state index contributed by atoms with van der Waals surface area (Å²) in [6.45, 7) is 4.07. The summed E-state index contributed by atoms with van der Waals surface area (Å²) in [5.74, 6) is 0.133. The lowest BCUT2D eigenvalue weighted by atomic mass is 10.1. The minimum absolute atomic E-state index is 0.127. The molecule has 0 amide bonds. The predicted molar refractivity (Wildman–Crippen MR) is 62.5 cm³/mol. The number of nitrogens with one attached hydrogen (secondary N) is 1. The van der Waals surface area contributed by atoms with Gasteiger partial charge in [-0.15, -0.1) is 0 Å². The van der Waals surface area contributed by atoms with Crippen molar-refractivity contribution in [1.29, 1.82) is 0 Å². The molecule has 0 aliphatic rings. The molecule has 17 heavy (non-hydrogen) atoms. The average molecular weight is 231 g/mol. The first-order valence-electron chi connectivity index (χ1n) is 5.37. The van der Waals surface area contributed by atoms with Crippen LogP contribution in [0.25, 0.3) is 11.4 Å². The molecule has 88 valence electrons. The van der Waals surface area contributed by atoms with Gasteiger partial charge >= 0.3 is 5.97 Å². The zero-order chi connectivity index (χ0) is 12.3. The van der Waals surface area contributed by atoms with Crippen LogP contribution in [0.15, 0.2) is 24.3 Å². The molecule has 0 saturated carbocycles. The van der Waals surface area contributed by atoms with Gasteiger partial charge in [-0.25, -0.2) is 9.78 Å². The van der Waals surface area contributed by atoms with Crippen LogP contribution in [0.4, 0.5) is 0 Å². The van der Waals surface area contributed by atoms with E-state index in [0.717, 1.165) is 11.1 Å². The van der Waals surface area contributed by atoms with Gasteiger partial charge in [0, 0.05) is 5.56 Å². The van der Waals surface area contributed by atoms with Gasteiger partial charge < -0.3 is 4.74 Å². The number of benzene rings is 1. The van der Waals surface area contributed by atoms with E-state index in [4.69, 9.17) is 4.74 Å². The molecule has 0 unspecified atom stereocenters. The number of aryl methyl sites for hydroxylation is 1. The fraction of sp³-hybridized carbons (Fsp3) is 0.250. The molecule has 1 N–H and O–H groups in total. The van der Waals surface area contributed by atoms with Crippen molar-refractivity contribution >= 4 is 5.97 Å². The molecule has 2 rings (SSSR count). The monoisotopic (exact) mass is 231 g/mol. The van der Waals surface area contributed by atoms with Crippen molar-refractivity contribution in [2.75, 3.05) is 6.61 Å². The molecule has 0 aliphatic carbocycles. The number of aromatic nitrogens is 3. The van der Waals surface area contributed by atoms with Crippen molar-refractivity contribution in [3.63, 3.8) is 0 Å². The SMILES string of the molecule is CCOC(=O)c1nc(-c2ccc(C)cc2)n[nH]1. The number of H-pyrrole nitrogens is 1. The average Bonchev–Trinajstić information content (AvgIpc) is 2.80. The van der Waals surface area contributed by atoms with E-state index in [1.54, 1.807) is 6.92 Å². The third kappa shape index (κ3) is 2.50. The third-order valence-electron chi connectivity index (χ3n) is 2.26. The lowest BCUT2D eigenvalue weighted by Gasteiger charge is -1.96. The zero-order valence-corrected chi connectivity index (χ0v) is 9.73. The maximum absolute atomic E-state index is 11.4. The second-order valence-electron chi connectivity index (χ2n) is 3.59. The molecule has 0 bridgehead atoms. The summed E-state index contributed by atoms with van der Waals surface area (Å²) in [4.78, 5) is 15.5. The van der Waals surface area contributed by atoms with Crippen LogP contribution in [0.5, 0.6) is 0 Å². The summed E-state index contributed by atoms with van der Waals surface area (Å²) in [5.41, 5.74) is 2.03. The number of ether oxygens (including phenoxy) is 1. The van der Waals surface area contributed by atoms with Crippen molar-refractivity contribution in [2.24, 2.45) is 0 Å². The quantitative estimate of drug-likeness (QED) is 0.820. The Balaban J connectivity index is 2.23. The van der Waals surface area contributed by atoms with E-state index in [1.807, 2.05) is 31.2 Å². The van der Waals surface area contributed by atoms with Gasteiger partial charge in [0.25, 0.3) is 0 Å². The van der Waals surface area contributed by atoms with Gasteiger partial charge in [-0.3, -0.25) is 5.10 Å². The summed E-state index contributed by atoms with van der Waals surface area (Å²) in [5, 5.41) is 6.55. The smallest absolute Gasteiger partial charge is 0.375 e. The standard InChI is InChI=1S/C12H13N3O2/c1-3-17-12(16)11-13-10(14-15-11)9-6-4-8(2)5-7-9/h4-7H,3H2,1-2H3,(H,13,14,15). The van der Waals surface area contributed by atoms with E-state index in [9.17, 15) is 4.79 Å². The molecule has 0 aliphatic heterocycles. The molecular formula is C12H13N3O2. The van der Waals surface area contributed by atoms with E-state index >= 15 is 0 Å². The Morgan fingerprint density at radius 1 is 1.35 bits per heavy atom. The molecule has 5 heteroatoms. The number of aromatic amines is 1. The second-order valence-corrected chi connectivity index (χ2v) is 3.59. The molecule has 1 aromatic heterocycles. The number of carbonyl (C=O) groups is 1. The van der Waals surface area contributed by atoms with E-state index in [2.05, 4.69) is 15.2 Å². The van der Waals surface area contributed by atoms with Gasteiger partial charge in [0.05, 0.1) is 6.61 Å². The highest BCUT2D eigenvalue weighted by molar-refractivity contribution is 5.85. The number of nitrogens with zero attached hydrogens (tertiary/aromatic N) is 2. The maximum Gasteiger partial charge on any atom is 0.375 e. The Morgan fingerprint density at radius 2 is 2.06 bits per heavy atom. The maximum atomic E-state index is 11.4. The molecule has 0 spiro atoms. The van der Waals surface area contributed by atoms with Crippen LogP contribution in [0.1, 0.15) is 23.1 Å². The number of rotatable bonds is 3. The highest BCUT2D eigenvalue weighted by Gasteiger charge is 2.13. The van der Waals surface area contributed by atoms with Gasteiger partial charge in [0.2, 0.25) is 5.82 Å². The van der Waals surface area contributed by atoms with Crippen LogP contribution < -0.4 is 0 Å². The lowest BCUT2D eigenvalue weighted by molar-refractivity contribution is 0.0512. The normalized spacial score (nSPS) is 10.2. The summed E-state index contributed by atoms with van der Waals surface area (Å²) in [6, 6.07) is 7.76. The van der Waals surface area contributed by atoms with E-state index in [0.29, 0.717) is 12.4 Å². The van der Waals surface area contributed by atoms with Crippen LogP contribution in [-0.4, -0.2) is 27.8 Å². The Labute approximate surface area is 98.8 Å². The number of esters is 1. The molecule has 2 aromatic rings. The van der Waals surface area contributed by atoms with Gasteiger partial charge in [-0.1, -0.05) is 29.8 Å². The molecule has 1 aromatic carbocycles. The van der Waals surface area contributed by atoms with Crippen molar-refractivity contribution in [3.05, 3.63) is 35.7 Å². The minimum atomic E-state index is -0.488. The largest absolute Gasteiger partial charge is 0.460 e. The van der Waals surface area contributed by atoms with Crippen LogP contribution in [-0.2, 0) is 4.74 Å². The highest BCUT2D eigenvalue weighted by Crippen LogP contribution is 2.15. The van der Waals surface area contributed by atoms with Crippen LogP contribution >= 0.6 is 0 Å². The number of hydrogen-bond acceptors (Lipinski definition) is 4. The summed E-state index contributed by atoms with van der Waals surface area (Å²) in [6.07, 6.45) is 0. The lowest BCUT2D eigenvalue weighted by Crippen LogP contribution is -2.06. The van der Waals surface area contributed by atoms with Crippen molar-refractivity contribution in [1.82, 2.24) is 15.2 Å². The summed E-state index contributed by atoms with van der Waals surface area (Å²) >= 11 is 0. The summed E-state index contributed by atoms with van der Waals surface area (Å²) < 4.78 is 4.82. The Hall–Kier alpha value is -2.17. The first-order chi connectivity index (χ1) is 8.20. The highest BCUT2D eigenvalue weighted by atomic mass is 16.5. The molecule has 0 saturated heterocycles. The van der Waals surface area contributed by atoms with E-state index < -0.39 is 5.97 Å². The topological polar surface area (TPSA) is 67.9 Å². The number of hydrogen-bond donors (Lipinski definition) is 1. The first kappa shape index (κ1) is 11.3. The fourth-order valence-corrected chi connectivity index (χ4v) is 1.38. The van der Waals surface area contributed by atoms with Gasteiger partial charge in [0.15, 0.2) is 5.82 Å². The fourth-order valence-electron chi connectivity index (χ4n) is 1.38. The predicted octanol–water partition coefficient (Wildman–Crippen LogP) is 1.96.